The number of hydrogen-bond acceptors (Lipinski definition) is 2. The number of aromatic nitrogens is 2. The number of halogens is 1. The highest BCUT2D eigenvalue weighted by atomic mass is 19.1. The molecule has 0 bridgehead atoms. The number of aromatic amines is 1. The molecule has 0 aliphatic carbocycles. The minimum absolute atomic E-state index is 0.335. The standard InChI is InChI=1S/C16H10FN3/c17-13-6-7-14-15(9-13)20-16(19-14)12(10-18)8-11-4-2-1-3-5-11/h1-9H,(H,19,20)/b12-8-. The van der Waals surface area contributed by atoms with Crippen molar-refractivity contribution in [2.24, 2.45) is 0 Å². The molecule has 4 heteroatoms. The van der Waals surface area contributed by atoms with Crippen molar-refractivity contribution in [3.05, 3.63) is 65.7 Å². The Labute approximate surface area is 115 Å². The van der Waals surface area contributed by atoms with E-state index in [-0.39, 0.29) is 5.82 Å². The molecular weight excluding hydrogens is 253 g/mol. The second-order valence-electron chi connectivity index (χ2n) is 4.33. The fourth-order valence-electron chi connectivity index (χ4n) is 1.98. The number of allylic oxidation sites excluding steroid dienone is 1. The third-order valence-corrected chi connectivity index (χ3v) is 2.93. The molecule has 3 aromatic rings. The van der Waals surface area contributed by atoms with Crippen LogP contribution in [0.5, 0.6) is 0 Å². The Morgan fingerprint density at radius 1 is 1.20 bits per heavy atom. The fourth-order valence-corrected chi connectivity index (χ4v) is 1.98. The number of fused-ring (bicyclic) bond motifs is 1. The van der Waals surface area contributed by atoms with Gasteiger partial charge in [0, 0.05) is 0 Å². The van der Waals surface area contributed by atoms with Gasteiger partial charge in [0.25, 0.3) is 0 Å². The van der Waals surface area contributed by atoms with Gasteiger partial charge in [-0.3, -0.25) is 0 Å². The predicted molar refractivity (Wildman–Crippen MR) is 76.0 cm³/mol. The van der Waals surface area contributed by atoms with E-state index in [1.807, 2.05) is 30.3 Å². The molecule has 3 rings (SSSR count). The maximum Gasteiger partial charge on any atom is 0.149 e. The molecule has 1 aromatic heterocycles. The molecule has 1 N–H and O–H groups in total. The molecule has 0 spiro atoms. The first-order valence-corrected chi connectivity index (χ1v) is 6.09. The minimum atomic E-state index is -0.335. The average molecular weight is 263 g/mol. The van der Waals surface area contributed by atoms with Gasteiger partial charge in [-0.05, 0) is 29.8 Å². The van der Waals surface area contributed by atoms with Crippen molar-refractivity contribution in [2.75, 3.05) is 0 Å². The summed E-state index contributed by atoms with van der Waals surface area (Å²) in [6.07, 6.45) is 1.74. The van der Waals surface area contributed by atoms with Crippen molar-refractivity contribution >= 4 is 22.7 Å². The highest BCUT2D eigenvalue weighted by Gasteiger charge is 2.08. The molecule has 0 fully saturated rings. The predicted octanol–water partition coefficient (Wildman–Crippen LogP) is 3.77. The van der Waals surface area contributed by atoms with Gasteiger partial charge in [0.05, 0.1) is 16.6 Å². The summed E-state index contributed by atoms with van der Waals surface area (Å²) in [5.41, 5.74) is 2.54. The normalized spacial score (nSPS) is 11.5. The van der Waals surface area contributed by atoms with Crippen LogP contribution in [-0.4, -0.2) is 9.97 Å². The van der Waals surface area contributed by atoms with Crippen molar-refractivity contribution in [1.29, 1.82) is 5.26 Å². The summed E-state index contributed by atoms with van der Waals surface area (Å²) in [7, 11) is 0. The molecule has 1 heterocycles. The Morgan fingerprint density at radius 3 is 2.75 bits per heavy atom. The molecule has 0 radical (unpaired) electrons. The van der Waals surface area contributed by atoms with E-state index in [1.54, 1.807) is 12.1 Å². The van der Waals surface area contributed by atoms with Crippen molar-refractivity contribution < 1.29 is 4.39 Å². The number of nitrogens with one attached hydrogen (secondary N) is 1. The van der Waals surface area contributed by atoms with Crippen LogP contribution in [0.4, 0.5) is 4.39 Å². The molecule has 0 amide bonds. The number of benzene rings is 2. The molecule has 0 unspecified atom stereocenters. The van der Waals surface area contributed by atoms with Crippen LogP contribution in [0.1, 0.15) is 11.4 Å². The van der Waals surface area contributed by atoms with Gasteiger partial charge < -0.3 is 4.98 Å². The SMILES string of the molecule is N#C/C(=C/c1ccccc1)c1nc2ccc(F)cc2[nH]1. The number of nitrogens with zero attached hydrogens (tertiary/aromatic N) is 2. The Hall–Kier alpha value is -2.93. The van der Waals surface area contributed by atoms with Crippen molar-refractivity contribution in [3.8, 4) is 6.07 Å². The van der Waals surface area contributed by atoms with Crippen LogP contribution < -0.4 is 0 Å². The molecule has 20 heavy (non-hydrogen) atoms. The smallest absolute Gasteiger partial charge is 0.149 e. The summed E-state index contributed by atoms with van der Waals surface area (Å²) in [5, 5.41) is 9.27. The van der Waals surface area contributed by atoms with E-state index < -0.39 is 0 Å². The van der Waals surface area contributed by atoms with Gasteiger partial charge in [-0.1, -0.05) is 30.3 Å². The second-order valence-corrected chi connectivity index (χ2v) is 4.33. The molecular formula is C16H10FN3. The van der Waals surface area contributed by atoms with Crippen molar-refractivity contribution in [2.45, 2.75) is 0 Å². The number of nitriles is 1. The van der Waals surface area contributed by atoms with Crippen LogP contribution in [0.2, 0.25) is 0 Å². The molecule has 96 valence electrons. The van der Waals surface area contributed by atoms with Crippen LogP contribution in [0.3, 0.4) is 0 Å². The van der Waals surface area contributed by atoms with E-state index in [2.05, 4.69) is 16.0 Å². The van der Waals surface area contributed by atoms with Gasteiger partial charge in [0.2, 0.25) is 0 Å². The van der Waals surface area contributed by atoms with Crippen LogP contribution in [-0.2, 0) is 0 Å². The Bertz CT molecular complexity index is 826. The zero-order valence-electron chi connectivity index (χ0n) is 10.5. The first kappa shape index (κ1) is 12.1. The van der Waals surface area contributed by atoms with E-state index >= 15 is 0 Å². The van der Waals surface area contributed by atoms with Gasteiger partial charge in [-0.25, -0.2) is 9.37 Å². The first-order chi connectivity index (χ1) is 9.76. The summed E-state index contributed by atoms with van der Waals surface area (Å²) in [4.78, 5) is 7.27. The summed E-state index contributed by atoms with van der Waals surface area (Å²) >= 11 is 0. The summed E-state index contributed by atoms with van der Waals surface area (Å²) in [6, 6.07) is 15.9. The lowest BCUT2D eigenvalue weighted by atomic mass is 10.1. The third kappa shape index (κ3) is 2.29. The maximum atomic E-state index is 13.1. The van der Waals surface area contributed by atoms with Crippen LogP contribution >= 0.6 is 0 Å². The van der Waals surface area contributed by atoms with Gasteiger partial charge >= 0.3 is 0 Å². The summed E-state index contributed by atoms with van der Waals surface area (Å²) < 4.78 is 13.1. The fraction of sp³-hybridized carbons (Fsp3) is 0. The van der Waals surface area contributed by atoms with Crippen LogP contribution in [0.15, 0.2) is 48.5 Å². The van der Waals surface area contributed by atoms with Gasteiger partial charge in [-0.15, -0.1) is 0 Å². The number of imidazole rings is 1. The lowest BCUT2D eigenvalue weighted by Gasteiger charge is -1.94. The van der Waals surface area contributed by atoms with Crippen LogP contribution in [0, 0.1) is 17.1 Å². The van der Waals surface area contributed by atoms with E-state index in [0.717, 1.165) is 5.56 Å². The second kappa shape index (κ2) is 4.98. The summed E-state index contributed by atoms with van der Waals surface area (Å²) in [5.74, 6) is 0.107. The van der Waals surface area contributed by atoms with E-state index in [1.165, 1.54) is 12.1 Å². The quantitative estimate of drug-likeness (QED) is 0.715. The number of hydrogen-bond donors (Lipinski definition) is 1. The molecule has 0 atom stereocenters. The highest BCUT2D eigenvalue weighted by molar-refractivity contribution is 5.90. The summed E-state index contributed by atoms with van der Waals surface area (Å²) in [6.45, 7) is 0. The minimum Gasteiger partial charge on any atom is -0.337 e. The topological polar surface area (TPSA) is 52.5 Å². The number of rotatable bonds is 2. The largest absolute Gasteiger partial charge is 0.337 e. The maximum absolute atomic E-state index is 13.1. The number of H-pyrrole nitrogens is 1. The molecule has 3 nitrogen and oxygen atoms in total. The Kier molecular flexibility index (Phi) is 3.02. The first-order valence-electron chi connectivity index (χ1n) is 6.09. The zero-order valence-corrected chi connectivity index (χ0v) is 10.5. The van der Waals surface area contributed by atoms with Crippen molar-refractivity contribution in [1.82, 2.24) is 9.97 Å². The lowest BCUT2D eigenvalue weighted by molar-refractivity contribution is 0.629. The van der Waals surface area contributed by atoms with Gasteiger partial charge in [0.15, 0.2) is 0 Å². The van der Waals surface area contributed by atoms with Gasteiger partial charge in [0.1, 0.15) is 17.7 Å². The Morgan fingerprint density at radius 2 is 2.00 bits per heavy atom. The van der Waals surface area contributed by atoms with Crippen LogP contribution in [0.25, 0.3) is 22.7 Å². The Balaban J connectivity index is 2.08. The van der Waals surface area contributed by atoms with Gasteiger partial charge in [-0.2, -0.15) is 5.26 Å². The average Bonchev–Trinajstić information content (AvgIpc) is 2.88. The van der Waals surface area contributed by atoms with E-state index in [9.17, 15) is 9.65 Å². The van der Waals surface area contributed by atoms with E-state index in [4.69, 9.17) is 0 Å². The molecule has 2 aromatic carbocycles. The third-order valence-electron chi connectivity index (χ3n) is 2.93. The molecule has 0 saturated heterocycles. The molecule has 0 aliphatic heterocycles. The molecule has 0 aliphatic rings. The zero-order chi connectivity index (χ0) is 13.9. The molecule has 0 saturated carbocycles. The highest BCUT2D eigenvalue weighted by Crippen LogP contribution is 2.19. The van der Waals surface area contributed by atoms with Crippen molar-refractivity contribution in [3.63, 3.8) is 0 Å². The lowest BCUT2D eigenvalue weighted by Crippen LogP contribution is -1.84. The monoisotopic (exact) mass is 263 g/mol. The van der Waals surface area contributed by atoms with E-state index in [0.29, 0.717) is 22.4 Å².